The number of nitrogens with zero attached hydrogens (tertiary/aromatic N) is 3. The standard InChI is InChI=1S/C12H19N3O2/c1-9(2)15-12(13-8-14-15)7-11(16)10-3-5-17-6-4-10/h8-10H,3-7H2,1-2H3. The van der Waals surface area contributed by atoms with Gasteiger partial charge in [0.1, 0.15) is 17.9 Å². The highest BCUT2D eigenvalue weighted by Gasteiger charge is 2.23. The molecule has 0 aromatic carbocycles. The number of carbonyl (C=O) groups excluding carboxylic acids is 1. The van der Waals surface area contributed by atoms with Crippen LogP contribution in [0.4, 0.5) is 0 Å². The number of rotatable bonds is 4. The maximum absolute atomic E-state index is 12.1. The minimum Gasteiger partial charge on any atom is -0.381 e. The molecule has 1 fully saturated rings. The minimum atomic E-state index is 0.140. The van der Waals surface area contributed by atoms with Crippen LogP contribution in [0.5, 0.6) is 0 Å². The van der Waals surface area contributed by atoms with Gasteiger partial charge in [-0.15, -0.1) is 0 Å². The Bertz CT molecular complexity index is 381. The second kappa shape index (κ2) is 5.40. The Morgan fingerprint density at radius 2 is 2.24 bits per heavy atom. The molecule has 2 rings (SSSR count). The van der Waals surface area contributed by atoms with Crippen molar-refractivity contribution >= 4 is 5.78 Å². The van der Waals surface area contributed by atoms with Gasteiger partial charge in [0.25, 0.3) is 0 Å². The molecule has 0 N–H and O–H groups in total. The summed E-state index contributed by atoms with van der Waals surface area (Å²) in [5, 5.41) is 4.14. The van der Waals surface area contributed by atoms with E-state index in [-0.39, 0.29) is 17.7 Å². The van der Waals surface area contributed by atoms with Crippen LogP contribution < -0.4 is 0 Å². The van der Waals surface area contributed by atoms with Crippen molar-refractivity contribution in [1.82, 2.24) is 14.8 Å². The van der Waals surface area contributed by atoms with Gasteiger partial charge in [-0.1, -0.05) is 0 Å². The first-order valence-corrected chi connectivity index (χ1v) is 6.17. The molecule has 0 saturated carbocycles. The largest absolute Gasteiger partial charge is 0.381 e. The van der Waals surface area contributed by atoms with Crippen LogP contribution in [0, 0.1) is 5.92 Å². The van der Waals surface area contributed by atoms with Crippen LogP contribution in [0.25, 0.3) is 0 Å². The van der Waals surface area contributed by atoms with Crippen molar-refractivity contribution in [2.24, 2.45) is 5.92 Å². The molecular weight excluding hydrogens is 218 g/mol. The Morgan fingerprint density at radius 3 is 2.88 bits per heavy atom. The fourth-order valence-corrected chi connectivity index (χ4v) is 2.15. The molecule has 0 radical (unpaired) electrons. The maximum Gasteiger partial charge on any atom is 0.143 e. The lowest BCUT2D eigenvalue weighted by molar-refractivity contribution is -0.125. The van der Waals surface area contributed by atoms with Crippen LogP contribution in [0.3, 0.4) is 0 Å². The van der Waals surface area contributed by atoms with E-state index in [4.69, 9.17) is 4.74 Å². The molecule has 1 aliphatic rings. The third-order valence-electron chi connectivity index (χ3n) is 3.15. The predicted octanol–water partition coefficient (Wildman–Crippen LogP) is 1.40. The van der Waals surface area contributed by atoms with Crippen LogP contribution in [-0.2, 0) is 16.0 Å². The fourth-order valence-electron chi connectivity index (χ4n) is 2.15. The summed E-state index contributed by atoms with van der Waals surface area (Å²) >= 11 is 0. The van der Waals surface area contributed by atoms with Crippen LogP contribution in [0.2, 0.25) is 0 Å². The summed E-state index contributed by atoms with van der Waals surface area (Å²) in [5.41, 5.74) is 0. The van der Waals surface area contributed by atoms with E-state index in [1.807, 2.05) is 18.5 Å². The average molecular weight is 237 g/mol. The average Bonchev–Trinajstić information content (AvgIpc) is 2.78. The normalized spacial score (nSPS) is 17.6. The van der Waals surface area contributed by atoms with Crippen molar-refractivity contribution in [2.45, 2.75) is 39.2 Å². The molecule has 0 bridgehead atoms. The van der Waals surface area contributed by atoms with Crippen LogP contribution >= 0.6 is 0 Å². The van der Waals surface area contributed by atoms with Gasteiger partial charge in [-0.3, -0.25) is 4.79 Å². The summed E-state index contributed by atoms with van der Waals surface area (Å²) < 4.78 is 7.08. The molecule has 0 atom stereocenters. The maximum atomic E-state index is 12.1. The lowest BCUT2D eigenvalue weighted by atomic mass is 9.93. The van der Waals surface area contributed by atoms with E-state index in [0.717, 1.165) is 18.7 Å². The molecule has 5 heteroatoms. The molecule has 0 amide bonds. The molecular formula is C12H19N3O2. The molecule has 2 heterocycles. The van der Waals surface area contributed by atoms with Gasteiger partial charge in [0.15, 0.2) is 0 Å². The lowest BCUT2D eigenvalue weighted by Gasteiger charge is -2.20. The van der Waals surface area contributed by atoms with Crippen molar-refractivity contribution in [2.75, 3.05) is 13.2 Å². The van der Waals surface area contributed by atoms with Crippen molar-refractivity contribution in [3.05, 3.63) is 12.2 Å². The van der Waals surface area contributed by atoms with Crippen molar-refractivity contribution in [3.63, 3.8) is 0 Å². The second-order valence-electron chi connectivity index (χ2n) is 4.74. The number of hydrogen-bond donors (Lipinski definition) is 0. The molecule has 1 saturated heterocycles. The van der Waals surface area contributed by atoms with Gasteiger partial charge in [-0.25, -0.2) is 9.67 Å². The van der Waals surface area contributed by atoms with Crippen molar-refractivity contribution in [1.29, 1.82) is 0 Å². The molecule has 1 aromatic rings. The SMILES string of the molecule is CC(C)n1ncnc1CC(=O)C1CCOCC1. The van der Waals surface area contributed by atoms with Gasteiger partial charge in [0.05, 0.1) is 6.42 Å². The van der Waals surface area contributed by atoms with E-state index in [0.29, 0.717) is 19.6 Å². The first-order chi connectivity index (χ1) is 8.18. The topological polar surface area (TPSA) is 57.0 Å². The van der Waals surface area contributed by atoms with Crippen LogP contribution in [-0.4, -0.2) is 33.8 Å². The van der Waals surface area contributed by atoms with Crippen LogP contribution in [0.15, 0.2) is 6.33 Å². The zero-order chi connectivity index (χ0) is 12.3. The molecule has 1 aromatic heterocycles. The first-order valence-electron chi connectivity index (χ1n) is 6.17. The number of ether oxygens (including phenoxy) is 1. The summed E-state index contributed by atoms with van der Waals surface area (Å²) in [4.78, 5) is 16.3. The summed E-state index contributed by atoms with van der Waals surface area (Å²) in [6.07, 6.45) is 3.60. The molecule has 0 spiro atoms. The zero-order valence-electron chi connectivity index (χ0n) is 10.4. The minimum absolute atomic E-state index is 0.140. The van der Waals surface area contributed by atoms with Gasteiger partial charge in [-0.05, 0) is 26.7 Å². The fraction of sp³-hybridized carbons (Fsp3) is 0.750. The van der Waals surface area contributed by atoms with E-state index in [1.54, 1.807) is 0 Å². The highest BCUT2D eigenvalue weighted by molar-refractivity contribution is 5.82. The quantitative estimate of drug-likeness (QED) is 0.794. The Kier molecular flexibility index (Phi) is 3.89. The second-order valence-corrected chi connectivity index (χ2v) is 4.74. The van der Waals surface area contributed by atoms with E-state index in [2.05, 4.69) is 10.1 Å². The first kappa shape index (κ1) is 12.2. The van der Waals surface area contributed by atoms with Gasteiger partial charge < -0.3 is 4.74 Å². The summed E-state index contributed by atoms with van der Waals surface area (Å²) in [6.45, 7) is 5.48. The van der Waals surface area contributed by atoms with Gasteiger partial charge in [0.2, 0.25) is 0 Å². The van der Waals surface area contributed by atoms with E-state index in [1.165, 1.54) is 6.33 Å². The van der Waals surface area contributed by atoms with Gasteiger partial charge in [0, 0.05) is 25.2 Å². The van der Waals surface area contributed by atoms with Crippen LogP contribution in [0.1, 0.15) is 38.6 Å². The number of ketones is 1. The smallest absolute Gasteiger partial charge is 0.143 e. The number of hydrogen-bond acceptors (Lipinski definition) is 4. The molecule has 0 aliphatic carbocycles. The monoisotopic (exact) mass is 237 g/mol. The molecule has 5 nitrogen and oxygen atoms in total. The van der Waals surface area contributed by atoms with Gasteiger partial charge >= 0.3 is 0 Å². The Labute approximate surface area is 101 Å². The Balaban J connectivity index is 1.99. The predicted molar refractivity (Wildman–Crippen MR) is 62.7 cm³/mol. The number of aromatic nitrogens is 3. The molecule has 1 aliphatic heterocycles. The summed E-state index contributed by atoms with van der Waals surface area (Å²) in [6, 6.07) is 0.245. The highest BCUT2D eigenvalue weighted by atomic mass is 16.5. The third kappa shape index (κ3) is 2.91. The van der Waals surface area contributed by atoms with E-state index in [9.17, 15) is 4.79 Å². The number of carbonyl (C=O) groups is 1. The van der Waals surface area contributed by atoms with E-state index >= 15 is 0 Å². The number of Topliss-reactive ketones (excluding diaryl/α,β-unsaturated/α-hetero) is 1. The Hall–Kier alpha value is -1.23. The third-order valence-corrected chi connectivity index (χ3v) is 3.15. The van der Waals surface area contributed by atoms with E-state index < -0.39 is 0 Å². The molecule has 94 valence electrons. The lowest BCUT2D eigenvalue weighted by Crippen LogP contribution is -2.26. The molecule has 0 unspecified atom stereocenters. The van der Waals surface area contributed by atoms with Gasteiger partial charge in [-0.2, -0.15) is 5.10 Å². The van der Waals surface area contributed by atoms with Crippen molar-refractivity contribution in [3.8, 4) is 0 Å². The summed E-state index contributed by atoms with van der Waals surface area (Å²) in [7, 11) is 0. The molecule has 17 heavy (non-hydrogen) atoms. The summed E-state index contributed by atoms with van der Waals surface area (Å²) in [5.74, 6) is 1.18. The Morgan fingerprint density at radius 1 is 1.53 bits per heavy atom. The zero-order valence-corrected chi connectivity index (χ0v) is 10.4. The highest BCUT2D eigenvalue weighted by Crippen LogP contribution is 2.18. The van der Waals surface area contributed by atoms with Crippen molar-refractivity contribution < 1.29 is 9.53 Å².